The van der Waals surface area contributed by atoms with E-state index in [1.807, 2.05) is 6.92 Å². The number of anilines is 1. The predicted molar refractivity (Wildman–Crippen MR) is 99.8 cm³/mol. The maximum absolute atomic E-state index is 12.7. The number of benzene rings is 2. The van der Waals surface area contributed by atoms with Gasteiger partial charge in [0, 0.05) is 6.42 Å². The van der Waals surface area contributed by atoms with Crippen molar-refractivity contribution in [3.63, 3.8) is 0 Å². The Kier molecular flexibility index (Phi) is 7.02. The van der Waals surface area contributed by atoms with Gasteiger partial charge in [-0.3, -0.25) is 4.79 Å². The van der Waals surface area contributed by atoms with Crippen LogP contribution in [0.3, 0.4) is 0 Å². The summed E-state index contributed by atoms with van der Waals surface area (Å²) in [6.45, 7) is 1.84. The predicted octanol–water partition coefficient (Wildman–Crippen LogP) is 4.77. The minimum absolute atomic E-state index is 0.0407. The minimum atomic E-state index is -3.61. The van der Waals surface area contributed by atoms with Crippen LogP contribution in [0, 0.1) is 6.92 Å². The average Bonchev–Trinajstić information content (AvgIpc) is 2.56. The fraction of sp³-hybridized carbons (Fsp3) is 0.235. The number of halogens is 3. The van der Waals surface area contributed by atoms with Crippen LogP contribution in [0.4, 0.5) is 14.5 Å². The molecule has 0 radical (unpaired) electrons. The van der Waals surface area contributed by atoms with Crippen molar-refractivity contribution in [2.45, 2.75) is 28.9 Å². The molecule has 0 bridgehead atoms. The topological polar surface area (TPSA) is 63.2 Å². The largest absolute Gasteiger partial charge is 0.325 e. The lowest BCUT2D eigenvalue weighted by atomic mass is 10.2. The van der Waals surface area contributed by atoms with Gasteiger partial charge < -0.3 is 5.32 Å². The molecule has 2 rings (SSSR count). The summed E-state index contributed by atoms with van der Waals surface area (Å²) in [5.41, 5.74) is 1.05. The van der Waals surface area contributed by atoms with E-state index in [0.29, 0.717) is 0 Å². The van der Waals surface area contributed by atoms with Crippen molar-refractivity contribution in [3.8, 4) is 0 Å². The third kappa shape index (κ3) is 5.69. The second kappa shape index (κ2) is 8.83. The lowest BCUT2D eigenvalue weighted by molar-refractivity contribution is -0.115. The van der Waals surface area contributed by atoms with Gasteiger partial charge in [0.1, 0.15) is 0 Å². The first-order valence-electron chi connectivity index (χ1n) is 7.51. The van der Waals surface area contributed by atoms with Crippen LogP contribution in [0.1, 0.15) is 12.0 Å². The highest BCUT2D eigenvalue weighted by Crippen LogP contribution is 2.37. The van der Waals surface area contributed by atoms with Crippen LogP contribution >= 0.6 is 23.4 Å². The Labute approximate surface area is 159 Å². The second-order valence-electron chi connectivity index (χ2n) is 5.43. The summed E-state index contributed by atoms with van der Waals surface area (Å²) in [5, 5.41) is 2.53. The molecule has 2 aromatic rings. The van der Waals surface area contributed by atoms with E-state index in [-0.39, 0.29) is 44.4 Å². The van der Waals surface area contributed by atoms with Crippen molar-refractivity contribution < 1.29 is 22.0 Å². The molecule has 2 aromatic carbocycles. The quantitative estimate of drug-likeness (QED) is 0.657. The third-order valence-corrected chi connectivity index (χ3v) is 6.44. The van der Waals surface area contributed by atoms with E-state index in [4.69, 9.17) is 11.6 Å². The van der Waals surface area contributed by atoms with Gasteiger partial charge in [-0.05, 0) is 31.2 Å². The Bertz CT molecular complexity index is 887. The van der Waals surface area contributed by atoms with Crippen LogP contribution in [0.5, 0.6) is 0 Å². The molecule has 0 aromatic heterocycles. The first kappa shape index (κ1) is 20.7. The molecular weight excluding hydrogens is 404 g/mol. The first-order valence-corrected chi connectivity index (χ1v) is 10.4. The molecule has 140 valence electrons. The number of nitrogens with one attached hydrogen (secondary N) is 1. The number of hydrogen-bond acceptors (Lipinski definition) is 4. The van der Waals surface area contributed by atoms with E-state index in [9.17, 15) is 22.0 Å². The molecule has 4 nitrogen and oxygen atoms in total. The molecule has 26 heavy (non-hydrogen) atoms. The molecule has 0 fully saturated rings. The molecule has 0 saturated heterocycles. The Balaban J connectivity index is 2.05. The smallest absolute Gasteiger partial charge is 0.289 e. The van der Waals surface area contributed by atoms with Crippen molar-refractivity contribution in [2.24, 2.45) is 0 Å². The highest BCUT2D eigenvalue weighted by Gasteiger charge is 2.19. The molecule has 9 heteroatoms. The van der Waals surface area contributed by atoms with Crippen molar-refractivity contribution in [1.82, 2.24) is 0 Å². The molecule has 0 aliphatic rings. The molecule has 0 saturated carbocycles. The van der Waals surface area contributed by atoms with Crippen LogP contribution in [0.2, 0.25) is 5.02 Å². The maximum atomic E-state index is 12.7. The lowest BCUT2D eigenvalue weighted by Gasteiger charge is -2.12. The van der Waals surface area contributed by atoms with Crippen molar-refractivity contribution in [3.05, 3.63) is 53.1 Å². The van der Waals surface area contributed by atoms with Crippen molar-refractivity contribution in [2.75, 3.05) is 11.1 Å². The zero-order valence-corrected chi connectivity index (χ0v) is 16.1. The number of alkyl halides is 2. The molecule has 0 heterocycles. The number of thioether (sulfide) groups is 1. The van der Waals surface area contributed by atoms with Gasteiger partial charge in [0.15, 0.2) is 9.84 Å². The molecule has 0 aliphatic carbocycles. The van der Waals surface area contributed by atoms with Crippen LogP contribution < -0.4 is 5.32 Å². The van der Waals surface area contributed by atoms with Crippen LogP contribution in [0.15, 0.2) is 52.3 Å². The van der Waals surface area contributed by atoms with E-state index >= 15 is 0 Å². The Morgan fingerprint density at radius 2 is 1.85 bits per heavy atom. The zero-order valence-electron chi connectivity index (χ0n) is 13.7. The Morgan fingerprint density at radius 3 is 2.46 bits per heavy atom. The van der Waals surface area contributed by atoms with Gasteiger partial charge in [0.25, 0.3) is 5.76 Å². The van der Waals surface area contributed by atoms with Crippen LogP contribution in [0.25, 0.3) is 0 Å². The number of sulfone groups is 1. The molecule has 0 unspecified atom stereocenters. The summed E-state index contributed by atoms with van der Waals surface area (Å²) in [6, 6.07) is 10.7. The van der Waals surface area contributed by atoms with E-state index in [0.717, 1.165) is 5.56 Å². The highest BCUT2D eigenvalue weighted by molar-refractivity contribution is 7.99. The van der Waals surface area contributed by atoms with Crippen LogP contribution in [-0.2, 0) is 14.6 Å². The number of rotatable bonds is 7. The molecule has 0 spiro atoms. The Morgan fingerprint density at radius 1 is 1.19 bits per heavy atom. The summed E-state index contributed by atoms with van der Waals surface area (Å²) >= 11 is 6.12. The summed E-state index contributed by atoms with van der Waals surface area (Å²) < 4.78 is 49.8. The zero-order chi connectivity index (χ0) is 19.3. The molecule has 1 amide bonds. The third-order valence-electron chi connectivity index (χ3n) is 3.43. The monoisotopic (exact) mass is 419 g/mol. The first-order chi connectivity index (χ1) is 12.2. The normalized spacial score (nSPS) is 11.6. The second-order valence-corrected chi connectivity index (χ2v) is 8.94. The van der Waals surface area contributed by atoms with Crippen molar-refractivity contribution >= 4 is 44.8 Å². The van der Waals surface area contributed by atoms with Gasteiger partial charge in [0.05, 0.1) is 26.3 Å². The number of amides is 1. The maximum Gasteiger partial charge on any atom is 0.289 e. The van der Waals surface area contributed by atoms with Gasteiger partial charge in [-0.15, -0.1) is 0 Å². The summed E-state index contributed by atoms with van der Waals surface area (Å²) in [5.74, 6) is -3.69. The van der Waals surface area contributed by atoms with E-state index in [1.54, 1.807) is 12.1 Å². The van der Waals surface area contributed by atoms with Gasteiger partial charge in [-0.1, -0.05) is 47.1 Å². The molecule has 0 aliphatic heterocycles. The summed E-state index contributed by atoms with van der Waals surface area (Å²) in [6.07, 6.45) is -0.304. The van der Waals surface area contributed by atoms with Gasteiger partial charge >= 0.3 is 0 Å². The number of hydrogen-bond donors (Lipinski definition) is 1. The number of carbonyl (C=O) groups excluding carboxylic acids is 1. The van der Waals surface area contributed by atoms with Gasteiger partial charge in [-0.2, -0.15) is 8.78 Å². The van der Waals surface area contributed by atoms with E-state index in [2.05, 4.69) is 5.32 Å². The average molecular weight is 420 g/mol. The van der Waals surface area contributed by atoms with Gasteiger partial charge in [-0.25, -0.2) is 8.42 Å². The number of carbonyl (C=O) groups is 1. The molecule has 0 atom stereocenters. The van der Waals surface area contributed by atoms with E-state index < -0.39 is 21.5 Å². The Hall–Kier alpha value is -1.64. The van der Waals surface area contributed by atoms with Gasteiger partial charge in [0.2, 0.25) is 5.91 Å². The summed E-state index contributed by atoms with van der Waals surface area (Å²) in [7, 11) is -3.61. The number of aryl methyl sites for hydroxylation is 1. The summed E-state index contributed by atoms with van der Waals surface area (Å²) in [4.78, 5) is 12.3. The fourth-order valence-electron chi connectivity index (χ4n) is 2.12. The van der Waals surface area contributed by atoms with E-state index in [1.165, 1.54) is 30.3 Å². The fourth-order valence-corrected chi connectivity index (χ4v) is 4.27. The van der Waals surface area contributed by atoms with Crippen LogP contribution in [-0.4, -0.2) is 25.8 Å². The SMILES string of the molecule is Cc1ccc(S(=O)(=O)CCC(=O)Nc2cccc(Cl)c2SC(F)F)cc1. The standard InChI is InChI=1S/C17H16ClF2NO3S2/c1-11-5-7-12(8-6-11)26(23,24)10-9-15(22)21-14-4-2-3-13(18)16(14)25-17(19)20/h2-8,17H,9-10H2,1H3,(H,21,22). The molecular formula is C17H16ClF2NO3S2. The molecule has 1 N–H and O–H groups in total. The highest BCUT2D eigenvalue weighted by atomic mass is 35.5. The van der Waals surface area contributed by atoms with Crippen molar-refractivity contribution in [1.29, 1.82) is 0 Å². The minimum Gasteiger partial charge on any atom is -0.325 e. The lowest BCUT2D eigenvalue weighted by Crippen LogP contribution is -2.18.